The van der Waals surface area contributed by atoms with Crippen LogP contribution in [0.5, 0.6) is 0 Å². The molecule has 6 heteroatoms. The highest BCUT2D eigenvalue weighted by molar-refractivity contribution is 7.15. The van der Waals surface area contributed by atoms with Gasteiger partial charge in [0.15, 0.2) is 0 Å². The van der Waals surface area contributed by atoms with Crippen LogP contribution in [0.4, 0.5) is 0 Å². The number of imide groups is 1. The molecule has 102 valence electrons. The lowest BCUT2D eigenvalue weighted by Gasteiger charge is -2.32. The topological polar surface area (TPSA) is 59.1 Å². The minimum absolute atomic E-state index is 0.0955. The molecule has 2 aliphatic rings. The maximum absolute atomic E-state index is 12.2. The van der Waals surface area contributed by atoms with Crippen LogP contribution in [0.15, 0.2) is 6.20 Å². The Hall–Kier alpha value is -0.940. The molecule has 1 aliphatic carbocycles. The number of piperidine rings is 1. The molecule has 1 saturated carbocycles. The summed E-state index contributed by atoms with van der Waals surface area (Å²) in [6.45, 7) is 0. The first-order valence-corrected chi connectivity index (χ1v) is 7.79. The molecule has 2 heterocycles. The van der Waals surface area contributed by atoms with Crippen molar-refractivity contribution < 1.29 is 9.59 Å². The highest BCUT2D eigenvalue weighted by atomic mass is 35.5. The molecule has 19 heavy (non-hydrogen) atoms. The predicted octanol–water partition coefficient (Wildman–Crippen LogP) is 2.73. The van der Waals surface area contributed by atoms with E-state index < -0.39 is 0 Å². The molecular weight excluding hydrogens is 284 g/mol. The Labute approximate surface area is 120 Å². The van der Waals surface area contributed by atoms with E-state index in [1.165, 1.54) is 24.2 Å². The zero-order valence-corrected chi connectivity index (χ0v) is 12.0. The van der Waals surface area contributed by atoms with E-state index in [9.17, 15) is 9.59 Å². The molecule has 0 spiro atoms. The fraction of sp³-hybridized carbons (Fsp3) is 0.615. The van der Waals surface area contributed by atoms with Gasteiger partial charge in [-0.05, 0) is 18.8 Å². The number of nitrogens with one attached hydrogen (secondary N) is 1. The van der Waals surface area contributed by atoms with Gasteiger partial charge in [0.2, 0.25) is 11.8 Å². The third-order valence-electron chi connectivity index (χ3n) is 4.12. The summed E-state index contributed by atoms with van der Waals surface area (Å²) in [5.74, 6) is -0.167. The molecule has 2 atom stereocenters. The maximum Gasteiger partial charge on any atom is 0.230 e. The average molecular weight is 299 g/mol. The normalized spacial score (nSPS) is 28.7. The van der Waals surface area contributed by atoms with Gasteiger partial charge in [0.05, 0.1) is 17.1 Å². The number of carbonyl (C=O) groups excluding carboxylic acids is 2. The highest BCUT2D eigenvalue weighted by Crippen LogP contribution is 2.43. The smallest absolute Gasteiger partial charge is 0.230 e. The van der Waals surface area contributed by atoms with Crippen LogP contribution in [0.2, 0.25) is 4.34 Å². The first kappa shape index (κ1) is 13.1. The molecule has 1 aromatic rings. The lowest BCUT2D eigenvalue weighted by molar-refractivity contribution is -0.138. The van der Waals surface area contributed by atoms with E-state index in [-0.39, 0.29) is 23.7 Å². The number of rotatable bonds is 2. The number of thiazole rings is 1. The van der Waals surface area contributed by atoms with Gasteiger partial charge in [-0.1, -0.05) is 24.4 Å². The SMILES string of the molecule is O=C1CC(c2ncc(Cl)s2)C(C2CCCC2)C(=O)N1. The lowest BCUT2D eigenvalue weighted by atomic mass is 9.76. The number of carbonyl (C=O) groups is 2. The van der Waals surface area contributed by atoms with Crippen LogP contribution in [0, 0.1) is 11.8 Å². The molecule has 2 fully saturated rings. The monoisotopic (exact) mass is 298 g/mol. The van der Waals surface area contributed by atoms with Gasteiger partial charge >= 0.3 is 0 Å². The van der Waals surface area contributed by atoms with Crippen molar-refractivity contribution in [3.63, 3.8) is 0 Å². The van der Waals surface area contributed by atoms with Gasteiger partial charge in [-0.15, -0.1) is 11.3 Å². The first-order valence-electron chi connectivity index (χ1n) is 6.60. The van der Waals surface area contributed by atoms with E-state index in [2.05, 4.69) is 10.3 Å². The van der Waals surface area contributed by atoms with Crippen LogP contribution in [-0.2, 0) is 9.59 Å². The van der Waals surface area contributed by atoms with Crippen LogP contribution in [-0.4, -0.2) is 16.8 Å². The summed E-state index contributed by atoms with van der Waals surface area (Å²) in [6.07, 6.45) is 6.44. The minimum Gasteiger partial charge on any atom is -0.296 e. The zero-order valence-electron chi connectivity index (χ0n) is 10.4. The van der Waals surface area contributed by atoms with Crippen molar-refractivity contribution in [2.24, 2.45) is 11.8 Å². The van der Waals surface area contributed by atoms with Crippen LogP contribution in [0.1, 0.15) is 43.0 Å². The predicted molar refractivity (Wildman–Crippen MR) is 73.1 cm³/mol. The fourth-order valence-electron chi connectivity index (χ4n) is 3.32. The largest absolute Gasteiger partial charge is 0.296 e. The summed E-state index contributed by atoms with van der Waals surface area (Å²) >= 11 is 7.31. The molecule has 1 aliphatic heterocycles. The molecule has 3 rings (SSSR count). The van der Waals surface area contributed by atoms with Gasteiger partial charge in [0.25, 0.3) is 0 Å². The summed E-state index contributed by atoms with van der Waals surface area (Å²) in [5.41, 5.74) is 0. The van der Waals surface area contributed by atoms with Gasteiger partial charge < -0.3 is 0 Å². The molecule has 1 aromatic heterocycles. The maximum atomic E-state index is 12.2. The Morgan fingerprint density at radius 3 is 2.68 bits per heavy atom. The Kier molecular flexibility index (Phi) is 3.58. The number of hydrogen-bond donors (Lipinski definition) is 1. The summed E-state index contributed by atoms with van der Waals surface area (Å²) in [7, 11) is 0. The van der Waals surface area contributed by atoms with Gasteiger partial charge in [-0.2, -0.15) is 0 Å². The molecule has 4 nitrogen and oxygen atoms in total. The Bertz CT molecular complexity index is 510. The Balaban J connectivity index is 1.91. The number of aromatic nitrogens is 1. The van der Waals surface area contributed by atoms with Gasteiger partial charge in [0, 0.05) is 12.3 Å². The van der Waals surface area contributed by atoms with Crippen molar-refractivity contribution in [3.8, 4) is 0 Å². The third kappa shape index (κ3) is 2.54. The van der Waals surface area contributed by atoms with Gasteiger partial charge in [-0.25, -0.2) is 4.98 Å². The Morgan fingerprint density at radius 1 is 1.32 bits per heavy atom. The standard InChI is InChI=1S/C13H15ClN2O2S/c14-9-6-15-13(19-9)8-5-10(17)16-12(18)11(8)7-3-1-2-4-7/h6-8,11H,1-5H2,(H,16,17,18). The van der Waals surface area contributed by atoms with E-state index in [1.54, 1.807) is 6.20 Å². The van der Waals surface area contributed by atoms with E-state index in [1.807, 2.05) is 0 Å². The molecule has 2 unspecified atom stereocenters. The van der Waals surface area contributed by atoms with Gasteiger partial charge in [-0.3, -0.25) is 14.9 Å². The second-order valence-electron chi connectivity index (χ2n) is 5.30. The second-order valence-corrected chi connectivity index (χ2v) is 6.99. The summed E-state index contributed by atoms with van der Waals surface area (Å²) < 4.78 is 0.610. The summed E-state index contributed by atoms with van der Waals surface area (Å²) in [4.78, 5) is 28.1. The van der Waals surface area contributed by atoms with Crippen molar-refractivity contribution in [2.45, 2.75) is 38.0 Å². The first-order chi connectivity index (χ1) is 9.15. The van der Waals surface area contributed by atoms with Crippen molar-refractivity contribution >= 4 is 34.8 Å². The molecular formula is C13H15ClN2O2S. The molecule has 1 N–H and O–H groups in total. The number of nitrogens with zero attached hydrogens (tertiary/aromatic N) is 1. The van der Waals surface area contributed by atoms with Crippen molar-refractivity contribution in [3.05, 3.63) is 15.5 Å². The quantitative estimate of drug-likeness (QED) is 0.854. The van der Waals surface area contributed by atoms with E-state index in [0.717, 1.165) is 17.8 Å². The second kappa shape index (κ2) is 5.21. The van der Waals surface area contributed by atoms with E-state index in [0.29, 0.717) is 16.7 Å². The lowest BCUT2D eigenvalue weighted by Crippen LogP contribution is -2.47. The molecule has 0 aromatic carbocycles. The van der Waals surface area contributed by atoms with Crippen LogP contribution in [0.3, 0.4) is 0 Å². The molecule has 1 saturated heterocycles. The zero-order chi connectivity index (χ0) is 13.4. The van der Waals surface area contributed by atoms with Gasteiger partial charge in [0.1, 0.15) is 4.34 Å². The molecule has 0 radical (unpaired) electrons. The fourth-order valence-corrected chi connectivity index (χ4v) is 4.40. The van der Waals surface area contributed by atoms with Crippen LogP contribution >= 0.6 is 22.9 Å². The van der Waals surface area contributed by atoms with Crippen LogP contribution < -0.4 is 5.32 Å². The van der Waals surface area contributed by atoms with Crippen LogP contribution in [0.25, 0.3) is 0 Å². The van der Waals surface area contributed by atoms with Crippen molar-refractivity contribution in [1.82, 2.24) is 10.3 Å². The number of hydrogen-bond acceptors (Lipinski definition) is 4. The van der Waals surface area contributed by atoms with E-state index >= 15 is 0 Å². The van der Waals surface area contributed by atoms with E-state index in [4.69, 9.17) is 11.6 Å². The van der Waals surface area contributed by atoms with Crippen molar-refractivity contribution in [2.75, 3.05) is 0 Å². The number of halogens is 1. The average Bonchev–Trinajstić information content (AvgIpc) is 2.99. The number of amides is 2. The minimum atomic E-state index is -0.199. The molecule has 0 bridgehead atoms. The third-order valence-corrected chi connectivity index (χ3v) is 5.37. The Morgan fingerprint density at radius 2 is 2.05 bits per heavy atom. The summed E-state index contributed by atoms with van der Waals surface area (Å²) in [5, 5.41) is 3.30. The molecule has 2 amide bonds. The summed E-state index contributed by atoms with van der Waals surface area (Å²) in [6, 6.07) is 0. The van der Waals surface area contributed by atoms with Crippen molar-refractivity contribution in [1.29, 1.82) is 0 Å². The highest BCUT2D eigenvalue weighted by Gasteiger charge is 2.43.